The molecule has 0 amide bonds. The molecule has 83 heavy (non-hydrogen) atoms. The van der Waals surface area contributed by atoms with Crippen LogP contribution in [-0.4, -0.2) is 96.7 Å². The number of allylic oxidation sites excluding steroid dienone is 4. The van der Waals surface area contributed by atoms with Crippen molar-refractivity contribution in [3.63, 3.8) is 0 Å². The third-order valence-electron chi connectivity index (χ3n) is 14.2. The number of unbranched alkanes of at least 4 members (excludes halogenated alkanes) is 34. The Morgan fingerprint density at radius 1 is 0.337 bits per heavy atom. The van der Waals surface area contributed by atoms with Crippen molar-refractivity contribution >= 4 is 39.5 Å². The van der Waals surface area contributed by atoms with Crippen molar-refractivity contribution in [3.05, 3.63) is 24.3 Å². The van der Waals surface area contributed by atoms with Gasteiger partial charge in [0.2, 0.25) is 0 Å². The van der Waals surface area contributed by atoms with Gasteiger partial charge in [-0.2, -0.15) is 0 Å². The zero-order valence-corrected chi connectivity index (χ0v) is 54.4. The predicted molar refractivity (Wildman–Crippen MR) is 331 cm³/mol. The fourth-order valence-corrected chi connectivity index (χ4v) is 10.7. The van der Waals surface area contributed by atoms with Crippen molar-refractivity contribution in [3.8, 4) is 0 Å². The number of esters is 4. The highest BCUT2D eigenvalue weighted by molar-refractivity contribution is 7.47. The number of phosphoric ester groups is 2. The second-order valence-electron chi connectivity index (χ2n) is 22.5. The van der Waals surface area contributed by atoms with E-state index in [-0.39, 0.29) is 25.7 Å². The molecule has 0 fully saturated rings. The molecule has 0 aromatic carbocycles. The van der Waals surface area contributed by atoms with Gasteiger partial charge in [0.05, 0.1) is 26.4 Å². The Hall–Kier alpha value is -2.46. The summed E-state index contributed by atoms with van der Waals surface area (Å²) in [5, 5.41) is 10.5. The summed E-state index contributed by atoms with van der Waals surface area (Å²) in [6.07, 6.45) is 47.6. The second kappa shape index (κ2) is 58.6. The average molecular weight is 1220 g/mol. The molecule has 3 N–H and O–H groups in total. The molecule has 0 aromatic rings. The largest absolute Gasteiger partial charge is 0.472 e. The summed E-state index contributed by atoms with van der Waals surface area (Å²) in [5.74, 6) is -2.19. The van der Waals surface area contributed by atoms with Gasteiger partial charge in [0, 0.05) is 25.7 Å². The van der Waals surface area contributed by atoms with E-state index in [0.29, 0.717) is 25.7 Å². The number of rotatable bonds is 63. The Labute approximate surface area is 503 Å². The molecule has 0 aromatic heterocycles. The van der Waals surface area contributed by atoms with Crippen LogP contribution >= 0.6 is 15.6 Å². The van der Waals surface area contributed by atoms with Gasteiger partial charge in [-0.3, -0.25) is 37.3 Å². The minimum absolute atomic E-state index is 0.0967. The van der Waals surface area contributed by atoms with Crippen LogP contribution in [0.4, 0.5) is 0 Å². The summed E-state index contributed by atoms with van der Waals surface area (Å²) in [6, 6.07) is 0. The van der Waals surface area contributed by atoms with E-state index in [9.17, 15) is 43.2 Å². The first-order chi connectivity index (χ1) is 40.2. The first-order valence-corrected chi connectivity index (χ1v) is 36.1. The molecule has 488 valence electrons. The summed E-state index contributed by atoms with van der Waals surface area (Å²) in [5.41, 5.74) is 0. The maximum atomic E-state index is 13.0. The zero-order valence-electron chi connectivity index (χ0n) is 52.6. The van der Waals surface area contributed by atoms with Crippen molar-refractivity contribution in [1.82, 2.24) is 0 Å². The van der Waals surface area contributed by atoms with Crippen LogP contribution in [0, 0.1) is 0 Å². The Morgan fingerprint density at radius 3 is 0.880 bits per heavy atom. The van der Waals surface area contributed by atoms with Crippen molar-refractivity contribution in [1.29, 1.82) is 0 Å². The lowest BCUT2D eigenvalue weighted by Gasteiger charge is -2.21. The molecule has 0 saturated carbocycles. The van der Waals surface area contributed by atoms with Crippen LogP contribution in [0.1, 0.15) is 304 Å². The number of aliphatic hydroxyl groups excluding tert-OH is 1. The highest BCUT2D eigenvalue weighted by Crippen LogP contribution is 2.45. The first kappa shape index (κ1) is 80.5. The normalized spacial score (nSPS) is 14.3. The topological polar surface area (TPSA) is 237 Å². The van der Waals surface area contributed by atoms with E-state index in [0.717, 1.165) is 116 Å². The maximum Gasteiger partial charge on any atom is 0.472 e. The molecule has 19 heteroatoms. The lowest BCUT2D eigenvalue weighted by Crippen LogP contribution is -2.30. The first-order valence-electron chi connectivity index (χ1n) is 33.1. The van der Waals surface area contributed by atoms with Crippen LogP contribution in [0.2, 0.25) is 0 Å². The number of ether oxygens (including phenoxy) is 4. The van der Waals surface area contributed by atoms with Gasteiger partial charge >= 0.3 is 39.5 Å². The number of phosphoric acid groups is 2. The van der Waals surface area contributed by atoms with Gasteiger partial charge in [-0.05, 0) is 51.4 Å². The molecule has 0 spiro atoms. The minimum atomic E-state index is -4.95. The highest BCUT2D eigenvalue weighted by Gasteiger charge is 2.30. The van der Waals surface area contributed by atoms with Gasteiger partial charge in [0.25, 0.3) is 0 Å². The van der Waals surface area contributed by atoms with Gasteiger partial charge in [-0.25, -0.2) is 9.13 Å². The second-order valence-corrected chi connectivity index (χ2v) is 25.4. The number of carbonyl (C=O) groups excluding carboxylic acids is 4. The van der Waals surface area contributed by atoms with Crippen LogP contribution in [0.15, 0.2) is 24.3 Å². The fraction of sp³-hybridized carbons (Fsp3) is 0.875. The van der Waals surface area contributed by atoms with Crippen LogP contribution in [0.3, 0.4) is 0 Å². The highest BCUT2D eigenvalue weighted by atomic mass is 31.2. The van der Waals surface area contributed by atoms with Gasteiger partial charge in [0.15, 0.2) is 12.2 Å². The Bertz CT molecular complexity index is 1700. The summed E-state index contributed by atoms with van der Waals surface area (Å²) in [7, 11) is -9.88. The number of hydrogen-bond donors (Lipinski definition) is 3. The van der Waals surface area contributed by atoms with E-state index in [2.05, 4.69) is 52.0 Å². The lowest BCUT2D eigenvalue weighted by atomic mass is 10.0. The van der Waals surface area contributed by atoms with Crippen LogP contribution < -0.4 is 0 Å². The van der Waals surface area contributed by atoms with E-state index < -0.39 is 97.5 Å². The van der Waals surface area contributed by atoms with Crippen molar-refractivity contribution in [2.45, 2.75) is 322 Å². The van der Waals surface area contributed by atoms with Crippen molar-refractivity contribution in [2.75, 3.05) is 39.6 Å². The van der Waals surface area contributed by atoms with Crippen LogP contribution in [0.25, 0.3) is 0 Å². The van der Waals surface area contributed by atoms with E-state index in [1.165, 1.54) is 109 Å². The van der Waals surface area contributed by atoms with E-state index in [4.69, 9.17) is 37.0 Å². The average Bonchev–Trinajstić information content (AvgIpc) is 3.46. The number of carbonyl (C=O) groups is 4. The van der Waals surface area contributed by atoms with Crippen LogP contribution in [0.5, 0.6) is 0 Å². The maximum absolute atomic E-state index is 13.0. The molecule has 2 unspecified atom stereocenters. The summed E-state index contributed by atoms with van der Waals surface area (Å²) >= 11 is 0. The number of hydrogen-bond acceptors (Lipinski definition) is 15. The minimum Gasteiger partial charge on any atom is -0.462 e. The van der Waals surface area contributed by atoms with Crippen molar-refractivity contribution < 1.29 is 80.2 Å². The van der Waals surface area contributed by atoms with Gasteiger partial charge < -0.3 is 33.8 Å². The summed E-state index contributed by atoms with van der Waals surface area (Å²) in [6.45, 7) is 4.64. The third kappa shape index (κ3) is 58.3. The molecular weight excluding hydrogens is 1100 g/mol. The van der Waals surface area contributed by atoms with Crippen molar-refractivity contribution in [2.24, 2.45) is 0 Å². The molecule has 0 aliphatic rings. The molecule has 0 aliphatic carbocycles. The SMILES string of the molecule is CCCCCC/C=C\C=C/CCCCCCCC(=O)OC[C@H](COP(=O)(O)OC[C@@H](O)COP(=O)(O)OC[C@@H](COC(=O)CCCCCCC)OC(=O)CCCCCCC)OC(=O)CCCCCCCCCCCCCCCCCCCC. The lowest BCUT2D eigenvalue weighted by molar-refractivity contribution is -0.161. The molecule has 0 saturated heterocycles. The van der Waals surface area contributed by atoms with Gasteiger partial charge in [0.1, 0.15) is 19.3 Å². The van der Waals surface area contributed by atoms with E-state index in [1.807, 2.05) is 0 Å². The monoisotopic (exact) mass is 1220 g/mol. The molecule has 0 heterocycles. The standard InChI is InChI=1S/C64H120O17P2/c1-5-9-13-17-19-21-23-25-27-28-29-31-33-35-37-39-43-47-51-64(69)81-60(55-75-62(67)49-45-42-38-36-34-32-30-26-24-22-20-18-14-10-6-2)57-79-83(72,73)77-53-58(65)52-76-82(70,71)78-56-59(80-63(68)50-46-41-16-12-8-4)54-74-61(66)48-44-40-15-11-7-3/h22,24,26,30,58-60,65H,5-21,23,25,27-29,31-57H2,1-4H3,(H,70,71)(H,72,73)/b24-22-,30-26-/t58-,59+,60+/m0/s1. The molecule has 0 radical (unpaired) electrons. The molecule has 0 rings (SSSR count). The zero-order chi connectivity index (χ0) is 61.2. The molecular formula is C64H120O17P2. The Morgan fingerprint density at radius 2 is 0.578 bits per heavy atom. The Kier molecular flexibility index (Phi) is 56.8. The Balaban J connectivity index is 5.12. The number of aliphatic hydroxyl groups is 1. The van der Waals surface area contributed by atoms with Crippen LogP contribution in [-0.2, 0) is 65.4 Å². The van der Waals surface area contributed by atoms with E-state index >= 15 is 0 Å². The molecule has 17 nitrogen and oxygen atoms in total. The third-order valence-corrected chi connectivity index (χ3v) is 16.1. The molecule has 0 bridgehead atoms. The van der Waals surface area contributed by atoms with E-state index in [1.54, 1.807) is 0 Å². The molecule has 5 atom stereocenters. The smallest absolute Gasteiger partial charge is 0.462 e. The quantitative estimate of drug-likeness (QED) is 0.0169. The molecule has 0 aliphatic heterocycles. The summed E-state index contributed by atoms with van der Waals surface area (Å²) in [4.78, 5) is 71.6. The fourth-order valence-electron chi connectivity index (χ4n) is 9.09. The predicted octanol–water partition coefficient (Wildman–Crippen LogP) is 17.5. The van der Waals surface area contributed by atoms with Gasteiger partial charge in [-0.1, -0.05) is 251 Å². The summed E-state index contributed by atoms with van der Waals surface area (Å²) < 4.78 is 67.5. The van der Waals surface area contributed by atoms with Gasteiger partial charge in [-0.15, -0.1) is 0 Å².